The fourth-order valence-electron chi connectivity index (χ4n) is 2.68. The highest BCUT2D eigenvalue weighted by atomic mass is 32.2. The standard InChI is InChI=1S/C17H24N2O2S/c1-13-6-5-7-14(12-13)16(20)18-15(8-11-22-2)17(21)19-9-3-4-10-19/h5-7,12,15H,3-4,8-11H2,1-2H3,(H,18,20). The number of amides is 2. The SMILES string of the molecule is CSCCC(NC(=O)c1cccc(C)c1)C(=O)N1CCCC1. The van der Waals surface area contributed by atoms with Crippen molar-refractivity contribution in [2.75, 3.05) is 25.1 Å². The molecule has 0 aliphatic carbocycles. The van der Waals surface area contributed by atoms with Crippen LogP contribution >= 0.6 is 11.8 Å². The number of rotatable bonds is 6. The molecule has 4 nitrogen and oxygen atoms in total. The molecular weight excluding hydrogens is 296 g/mol. The van der Waals surface area contributed by atoms with Crippen molar-refractivity contribution >= 4 is 23.6 Å². The van der Waals surface area contributed by atoms with Crippen molar-refractivity contribution in [3.63, 3.8) is 0 Å². The molecular formula is C17H24N2O2S. The zero-order chi connectivity index (χ0) is 15.9. The number of aryl methyl sites for hydroxylation is 1. The molecule has 0 aromatic heterocycles. The van der Waals surface area contributed by atoms with Crippen molar-refractivity contribution < 1.29 is 9.59 Å². The summed E-state index contributed by atoms with van der Waals surface area (Å²) >= 11 is 1.69. The number of nitrogens with zero attached hydrogens (tertiary/aromatic N) is 1. The number of likely N-dealkylation sites (tertiary alicyclic amines) is 1. The molecule has 1 atom stereocenters. The molecule has 1 aromatic rings. The fourth-order valence-corrected chi connectivity index (χ4v) is 3.15. The minimum absolute atomic E-state index is 0.0625. The van der Waals surface area contributed by atoms with Crippen molar-refractivity contribution in [3.8, 4) is 0 Å². The molecule has 1 unspecified atom stereocenters. The van der Waals surface area contributed by atoms with Gasteiger partial charge in [-0.05, 0) is 50.3 Å². The fraction of sp³-hybridized carbons (Fsp3) is 0.529. The molecule has 0 bridgehead atoms. The van der Waals surface area contributed by atoms with Gasteiger partial charge >= 0.3 is 0 Å². The molecule has 1 N–H and O–H groups in total. The van der Waals surface area contributed by atoms with E-state index in [1.807, 2.05) is 36.3 Å². The minimum atomic E-state index is -0.418. The van der Waals surface area contributed by atoms with Gasteiger partial charge in [-0.3, -0.25) is 9.59 Å². The third kappa shape index (κ3) is 4.50. The second kappa shape index (κ2) is 8.22. The number of nitrogens with one attached hydrogen (secondary N) is 1. The van der Waals surface area contributed by atoms with Gasteiger partial charge in [-0.25, -0.2) is 0 Å². The quantitative estimate of drug-likeness (QED) is 0.876. The summed E-state index contributed by atoms with van der Waals surface area (Å²) in [6, 6.07) is 7.04. The zero-order valence-electron chi connectivity index (χ0n) is 13.3. The van der Waals surface area contributed by atoms with Crippen LogP contribution in [0.1, 0.15) is 35.2 Å². The first-order chi connectivity index (χ1) is 10.6. The van der Waals surface area contributed by atoms with Crippen molar-refractivity contribution in [2.24, 2.45) is 0 Å². The van der Waals surface area contributed by atoms with Gasteiger partial charge in [0.1, 0.15) is 6.04 Å². The lowest BCUT2D eigenvalue weighted by molar-refractivity contribution is -0.132. The van der Waals surface area contributed by atoms with Gasteiger partial charge in [0.2, 0.25) is 5.91 Å². The molecule has 2 rings (SSSR count). The highest BCUT2D eigenvalue weighted by Gasteiger charge is 2.27. The van der Waals surface area contributed by atoms with Gasteiger partial charge in [0.15, 0.2) is 0 Å². The Morgan fingerprint density at radius 3 is 2.68 bits per heavy atom. The summed E-state index contributed by atoms with van der Waals surface area (Å²) in [4.78, 5) is 26.9. The molecule has 0 saturated carbocycles. The van der Waals surface area contributed by atoms with E-state index in [1.54, 1.807) is 17.8 Å². The molecule has 0 radical (unpaired) electrons. The Balaban J connectivity index is 2.05. The van der Waals surface area contributed by atoms with E-state index in [9.17, 15) is 9.59 Å². The Bertz CT molecular complexity index is 527. The first-order valence-corrected chi connectivity index (χ1v) is 9.16. The van der Waals surface area contributed by atoms with Crippen LogP contribution in [0.15, 0.2) is 24.3 Å². The summed E-state index contributed by atoms with van der Waals surface area (Å²) < 4.78 is 0. The van der Waals surface area contributed by atoms with E-state index < -0.39 is 6.04 Å². The van der Waals surface area contributed by atoms with Gasteiger partial charge < -0.3 is 10.2 Å². The molecule has 2 amide bonds. The molecule has 22 heavy (non-hydrogen) atoms. The summed E-state index contributed by atoms with van der Waals surface area (Å²) in [6.45, 7) is 3.58. The van der Waals surface area contributed by atoms with Crippen molar-refractivity contribution in [1.82, 2.24) is 10.2 Å². The molecule has 1 fully saturated rings. The lowest BCUT2D eigenvalue weighted by atomic mass is 10.1. The van der Waals surface area contributed by atoms with Crippen LogP contribution in [0.25, 0.3) is 0 Å². The summed E-state index contributed by atoms with van der Waals surface area (Å²) in [7, 11) is 0. The van der Waals surface area contributed by atoms with Crippen molar-refractivity contribution in [1.29, 1.82) is 0 Å². The van der Waals surface area contributed by atoms with Crippen LogP contribution in [0.2, 0.25) is 0 Å². The van der Waals surface area contributed by atoms with Gasteiger partial charge in [0, 0.05) is 18.7 Å². The molecule has 0 spiro atoms. The molecule has 1 saturated heterocycles. The molecule has 1 aliphatic heterocycles. The van der Waals surface area contributed by atoms with Gasteiger partial charge in [0.05, 0.1) is 0 Å². The molecule has 1 aromatic carbocycles. The van der Waals surface area contributed by atoms with E-state index >= 15 is 0 Å². The summed E-state index contributed by atoms with van der Waals surface area (Å²) in [6.07, 6.45) is 4.81. The average Bonchev–Trinajstić information content (AvgIpc) is 3.05. The number of carbonyl (C=O) groups is 2. The maximum Gasteiger partial charge on any atom is 0.251 e. The lowest BCUT2D eigenvalue weighted by Gasteiger charge is -2.24. The van der Waals surface area contributed by atoms with E-state index in [2.05, 4.69) is 5.32 Å². The molecule has 5 heteroatoms. The Hall–Kier alpha value is -1.49. The van der Waals surface area contributed by atoms with E-state index in [-0.39, 0.29) is 11.8 Å². The Morgan fingerprint density at radius 1 is 1.32 bits per heavy atom. The number of hydrogen-bond acceptors (Lipinski definition) is 3. The van der Waals surface area contributed by atoms with Gasteiger partial charge in [0.25, 0.3) is 5.91 Å². The monoisotopic (exact) mass is 320 g/mol. The van der Waals surface area contributed by atoms with Crippen LogP contribution in [-0.2, 0) is 4.79 Å². The zero-order valence-corrected chi connectivity index (χ0v) is 14.1. The number of thioether (sulfide) groups is 1. The second-order valence-electron chi connectivity index (χ2n) is 5.71. The van der Waals surface area contributed by atoms with Crippen LogP contribution in [-0.4, -0.2) is 47.9 Å². The summed E-state index contributed by atoms with van der Waals surface area (Å²) in [5, 5.41) is 2.93. The maximum absolute atomic E-state index is 12.6. The number of carbonyl (C=O) groups excluding carboxylic acids is 2. The Labute approximate surface area is 136 Å². The van der Waals surface area contributed by atoms with Crippen LogP contribution in [0.3, 0.4) is 0 Å². The average molecular weight is 320 g/mol. The van der Waals surface area contributed by atoms with Crippen molar-refractivity contribution in [3.05, 3.63) is 35.4 Å². The molecule has 120 valence electrons. The predicted octanol–water partition coefficient (Wildman–Crippen LogP) is 2.47. The van der Waals surface area contributed by atoms with Gasteiger partial charge in [-0.2, -0.15) is 11.8 Å². The maximum atomic E-state index is 12.6. The van der Waals surface area contributed by atoms with Crippen LogP contribution < -0.4 is 5.32 Å². The second-order valence-corrected chi connectivity index (χ2v) is 6.69. The third-order valence-electron chi connectivity index (χ3n) is 3.91. The summed E-state index contributed by atoms with van der Waals surface area (Å²) in [5.74, 6) is 0.758. The summed E-state index contributed by atoms with van der Waals surface area (Å²) in [5.41, 5.74) is 1.66. The highest BCUT2D eigenvalue weighted by molar-refractivity contribution is 7.98. The third-order valence-corrected chi connectivity index (χ3v) is 4.56. The van der Waals surface area contributed by atoms with E-state index in [0.717, 1.165) is 37.2 Å². The van der Waals surface area contributed by atoms with Crippen LogP contribution in [0, 0.1) is 6.92 Å². The Morgan fingerprint density at radius 2 is 2.05 bits per heavy atom. The Kier molecular flexibility index (Phi) is 6.31. The van der Waals surface area contributed by atoms with E-state index in [1.165, 1.54) is 0 Å². The lowest BCUT2D eigenvalue weighted by Crippen LogP contribution is -2.48. The van der Waals surface area contributed by atoms with Crippen LogP contribution in [0.5, 0.6) is 0 Å². The normalized spacial score (nSPS) is 15.6. The van der Waals surface area contributed by atoms with E-state index in [4.69, 9.17) is 0 Å². The minimum Gasteiger partial charge on any atom is -0.341 e. The van der Waals surface area contributed by atoms with Crippen molar-refractivity contribution in [2.45, 2.75) is 32.2 Å². The smallest absolute Gasteiger partial charge is 0.251 e. The largest absolute Gasteiger partial charge is 0.341 e. The van der Waals surface area contributed by atoms with E-state index in [0.29, 0.717) is 12.0 Å². The topological polar surface area (TPSA) is 49.4 Å². The van der Waals surface area contributed by atoms with Gasteiger partial charge in [-0.1, -0.05) is 17.7 Å². The first kappa shape index (κ1) is 16.9. The number of hydrogen-bond donors (Lipinski definition) is 1. The molecule has 1 aliphatic rings. The first-order valence-electron chi connectivity index (χ1n) is 7.77. The predicted molar refractivity (Wildman–Crippen MR) is 91.2 cm³/mol. The van der Waals surface area contributed by atoms with Gasteiger partial charge in [-0.15, -0.1) is 0 Å². The number of benzene rings is 1. The highest BCUT2D eigenvalue weighted by Crippen LogP contribution is 2.13. The van der Waals surface area contributed by atoms with Crippen LogP contribution in [0.4, 0.5) is 0 Å². The molecule has 1 heterocycles.